The summed E-state index contributed by atoms with van der Waals surface area (Å²) in [5.74, 6) is -0.788. The van der Waals surface area contributed by atoms with Gasteiger partial charge in [-0.2, -0.15) is 13.2 Å². The Labute approximate surface area is 187 Å². The SMILES string of the molecule is O=C(Nc1ccccc1SCC(F)(F)F)c1ccc2c(=O)n3c(nc2c1)CCCCCC3. The van der Waals surface area contributed by atoms with Gasteiger partial charge < -0.3 is 5.32 Å². The average Bonchev–Trinajstić information content (AvgIpc) is 2.73. The molecular weight excluding hydrogens is 439 g/mol. The number of carbonyl (C=O) groups excluding carboxylic acids is 1. The van der Waals surface area contributed by atoms with Gasteiger partial charge in [-0.15, -0.1) is 11.8 Å². The molecule has 9 heteroatoms. The maximum atomic E-state index is 12.9. The number of thioether (sulfide) groups is 1. The summed E-state index contributed by atoms with van der Waals surface area (Å²) in [6.45, 7) is 0.645. The van der Waals surface area contributed by atoms with Crippen molar-refractivity contribution in [1.29, 1.82) is 0 Å². The van der Waals surface area contributed by atoms with Crippen molar-refractivity contribution in [2.75, 3.05) is 11.1 Å². The molecule has 1 N–H and O–H groups in total. The fourth-order valence-electron chi connectivity index (χ4n) is 3.79. The summed E-state index contributed by atoms with van der Waals surface area (Å²) >= 11 is 0.619. The van der Waals surface area contributed by atoms with E-state index in [2.05, 4.69) is 10.3 Å². The van der Waals surface area contributed by atoms with Crippen LogP contribution in [0.15, 0.2) is 52.2 Å². The monoisotopic (exact) mass is 461 g/mol. The molecule has 4 rings (SSSR count). The molecule has 3 aromatic rings. The Morgan fingerprint density at radius 3 is 2.69 bits per heavy atom. The van der Waals surface area contributed by atoms with Gasteiger partial charge in [0.1, 0.15) is 5.82 Å². The number of nitrogens with zero attached hydrogens (tertiary/aromatic N) is 2. The van der Waals surface area contributed by atoms with Gasteiger partial charge in [0.2, 0.25) is 0 Å². The number of alkyl halides is 3. The maximum absolute atomic E-state index is 12.9. The molecule has 5 nitrogen and oxygen atoms in total. The van der Waals surface area contributed by atoms with E-state index in [1.54, 1.807) is 41.0 Å². The summed E-state index contributed by atoms with van der Waals surface area (Å²) in [5.41, 5.74) is 0.941. The van der Waals surface area contributed by atoms with Crippen molar-refractivity contribution in [1.82, 2.24) is 9.55 Å². The van der Waals surface area contributed by atoms with E-state index in [-0.39, 0.29) is 11.1 Å². The van der Waals surface area contributed by atoms with Crippen LogP contribution in [0.25, 0.3) is 10.9 Å². The summed E-state index contributed by atoms with van der Waals surface area (Å²) in [5, 5.41) is 3.14. The molecule has 0 radical (unpaired) electrons. The molecule has 0 atom stereocenters. The van der Waals surface area contributed by atoms with E-state index in [9.17, 15) is 22.8 Å². The first-order valence-electron chi connectivity index (χ1n) is 10.5. The third kappa shape index (κ3) is 5.15. The molecule has 0 saturated carbocycles. The van der Waals surface area contributed by atoms with Crippen molar-refractivity contribution in [3.05, 3.63) is 64.2 Å². The molecule has 0 spiro atoms. The van der Waals surface area contributed by atoms with Crippen LogP contribution in [-0.2, 0) is 13.0 Å². The van der Waals surface area contributed by atoms with Crippen molar-refractivity contribution in [2.24, 2.45) is 0 Å². The molecule has 0 saturated heterocycles. The van der Waals surface area contributed by atoms with Gasteiger partial charge in [0, 0.05) is 23.4 Å². The third-order valence-corrected chi connectivity index (χ3v) is 6.49. The number of aromatic nitrogens is 2. The Morgan fingerprint density at radius 2 is 1.88 bits per heavy atom. The minimum absolute atomic E-state index is 0.104. The second-order valence-corrected chi connectivity index (χ2v) is 8.75. The van der Waals surface area contributed by atoms with Crippen molar-refractivity contribution in [2.45, 2.75) is 49.7 Å². The summed E-state index contributed by atoms with van der Waals surface area (Å²) < 4.78 is 39.6. The Hall–Kier alpha value is -2.81. The second kappa shape index (κ2) is 9.36. The molecule has 0 bridgehead atoms. The molecule has 0 unspecified atom stereocenters. The van der Waals surface area contributed by atoms with Crippen LogP contribution in [0.3, 0.4) is 0 Å². The van der Waals surface area contributed by atoms with Crippen LogP contribution in [0, 0.1) is 0 Å². The van der Waals surface area contributed by atoms with E-state index in [1.165, 1.54) is 6.07 Å². The van der Waals surface area contributed by atoms with Crippen LogP contribution < -0.4 is 10.9 Å². The topological polar surface area (TPSA) is 64.0 Å². The highest BCUT2D eigenvalue weighted by Crippen LogP contribution is 2.32. The first-order valence-corrected chi connectivity index (χ1v) is 11.4. The van der Waals surface area contributed by atoms with Crippen molar-refractivity contribution < 1.29 is 18.0 Å². The molecule has 1 amide bonds. The van der Waals surface area contributed by atoms with Gasteiger partial charge >= 0.3 is 6.18 Å². The van der Waals surface area contributed by atoms with Crippen molar-refractivity contribution >= 4 is 34.3 Å². The quantitative estimate of drug-likeness (QED) is 0.527. The number of amides is 1. The number of hydrogen-bond donors (Lipinski definition) is 1. The van der Waals surface area contributed by atoms with Gasteiger partial charge in [0.25, 0.3) is 11.5 Å². The van der Waals surface area contributed by atoms with E-state index in [4.69, 9.17) is 0 Å². The van der Waals surface area contributed by atoms with Gasteiger partial charge in [-0.05, 0) is 43.2 Å². The third-order valence-electron chi connectivity index (χ3n) is 5.36. The van der Waals surface area contributed by atoms with Crippen LogP contribution >= 0.6 is 11.8 Å². The summed E-state index contributed by atoms with van der Waals surface area (Å²) in [4.78, 5) is 30.8. The van der Waals surface area contributed by atoms with Crippen LogP contribution in [0.4, 0.5) is 18.9 Å². The molecule has 0 aliphatic carbocycles. The number of fused-ring (bicyclic) bond motifs is 2. The lowest BCUT2D eigenvalue weighted by Gasteiger charge is -2.16. The van der Waals surface area contributed by atoms with E-state index in [1.807, 2.05) is 0 Å². The second-order valence-electron chi connectivity index (χ2n) is 7.74. The highest BCUT2D eigenvalue weighted by Gasteiger charge is 2.27. The van der Waals surface area contributed by atoms with Crippen LogP contribution in [0.5, 0.6) is 0 Å². The van der Waals surface area contributed by atoms with Crippen LogP contribution in [0.2, 0.25) is 0 Å². The highest BCUT2D eigenvalue weighted by molar-refractivity contribution is 7.99. The minimum Gasteiger partial charge on any atom is -0.321 e. The highest BCUT2D eigenvalue weighted by atomic mass is 32.2. The molecule has 1 aliphatic heterocycles. The number of anilines is 1. The van der Waals surface area contributed by atoms with E-state index in [0.29, 0.717) is 46.2 Å². The van der Waals surface area contributed by atoms with Crippen molar-refractivity contribution in [3.8, 4) is 0 Å². The maximum Gasteiger partial charge on any atom is 0.398 e. The number of rotatable bonds is 4. The Morgan fingerprint density at radius 1 is 1.09 bits per heavy atom. The molecule has 0 fully saturated rings. The number of benzene rings is 2. The number of halogens is 3. The fourth-order valence-corrected chi connectivity index (χ4v) is 4.55. The lowest BCUT2D eigenvalue weighted by atomic mass is 10.1. The summed E-state index contributed by atoms with van der Waals surface area (Å²) in [7, 11) is 0. The Bertz CT molecular complexity index is 1210. The normalized spacial score (nSPS) is 14.5. The molecular formula is C23H22F3N3O2S. The molecule has 1 aliphatic rings. The lowest BCUT2D eigenvalue weighted by Crippen LogP contribution is -2.26. The van der Waals surface area contributed by atoms with Gasteiger partial charge in [0.15, 0.2) is 0 Å². The van der Waals surface area contributed by atoms with E-state index >= 15 is 0 Å². The first kappa shape index (κ1) is 22.4. The molecule has 2 heterocycles. The van der Waals surface area contributed by atoms with Crippen LogP contribution in [0.1, 0.15) is 41.9 Å². The summed E-state index contributed by atoms with van der Waals surface area (Å²) in [6, 6.07) is 11.1. The predicted octanol–water partition coefficient (Wildman–Crippen LogP) is 5.42. The molecule has 168 valence electrons. The van der Waals surface area contributed by atoms with Gasteiger partial charge in [-0.1, -0.05) is 25.0 Å². The van der Waals surface area contributed by atoms with Crippen molar-refractivity contribution in [3.63, 3.8) is 0 Å². The Balaban J connectivity index is 1.61. The zero-order chi connectivity index (χ0) is 22.7. The molecule has 2 aromatic carbocycles. The fraction of sp³-hybridized carbons (Fsp3) is 0.348. The number of para-hydroxylation sites is 1. The van der Waals surface area contributed by atoms with Crippen LogP contribution in [-0.4, -0.2) is 27.4 Å². The van der Waals surface area contributed by atoms with E-state index < -0.39 is 17.8 Å². The number of hydrogen-bond acceptors (Lipinski definition) is 4. The summed E-state index contributed by atoms with van der Waals surface area (Å²) in [6.07, 6.45) is 0.493. The van der Waals surface area contributed by atoms with Gasteiger partial charge in [-0.3, -0.25) is 14.2 Å². The predicted molar refractivity (Wildman–Crippen MR) is 119 cm³/mol. The zero-order valence-electron chi connectivity index (χ0n) is 17.2. The number of carbonyl (C=O) groups is 1. The Kier molecular flexibility index (Phi) is 6.55. The van der Waals surface area contributed by atoms with Gasteiger partial charge in [0.05, 0.1) is 22.3 Å². The largest absolute Gasteiger partial charge is 0.398 e. The lowest BCUT2D eigenvalue weighted by molar-refractivity contribution is -0.105. The van der Waals surface area contributed by atoms with E-state index in [0.717, 1.165) is 31.5 Å². The minimum atomic E-state index is -4.31. The zero-order valence-corrected chi connectivity index (χ0v) is 18.1. The molecule has 32 heavy (non-hydrogen) atoms. The smallest absolute Gasteiger partial charge is 0.321 e. The first-order chi connectivity index (χ1) is 15.3. The number of aryl methyl sites for hydroxylation is 1. The standard InChI is InChI=1S/C23H22F3N3O2S/c24-23(25,26)14-32-19-8-5-4-7-17(19)28-21(30)15-10-11-16-18(13-15)27-20-9-3-1-2-6-12-29(20)22(16)31/h4-5,7-8,10-11,13H,1-3,6,9,12,14H2,(H,28,30). The number of nitrogens with one attached hydrogen (secondary N) is 1. The average molecular weight is 462 g/mol. The molecule has 1 aromatic heterocycles. The van der Waals surface area contributed by atoms with Gasteiger partial charge in [-0.25, -0.2) is 4.98 Å².